The largest absolute Gasteiger partial charge is 0.337 e. The molecule has 3 aromatic rings. The second kappa shape index (κ2) is 6.47. The topological polar surface area (TPSA) is 59.2 Å². The zero-order chi connectivity index (χ0) is 17.2. The molecule has 0 spiro atoms. The average Bonchev–Trinajstić information content (AvgIpc) is 3.25. The number of aromatic nitrogens is 2. The summed E-state index contributed by atoms with van der Waals surface area (Å²) in [5.41, 5.74) is 1.35. The van der Waals surface area contributed by atoms with Crippen molar-refractivity contribution in [3.8, 4) is 11.5 Å². The smallest absolute Gasteiger partial charge is 0.257 e. The Morgan fingerprint density at radius 2 is 1.88 bits per heavy atom. The maximum atomic E-state index is 13.8. The lowest BCUT2D eigenvalue weighted by molar-refractivity contribution is -0.128. The fraction of sp³-hybridized carbons (Fsp3) is 0.211. The normalized spacial score (nSPS) is 17.2. The molecule has 2 aromatic carbocycles. The predicted molar refractivity (Wildman–Crippen MR) is 88.9 cm³/mol. The van der Waals surface area contributed by atoms with Gasteiger partial charge in [0, 0.05) is 36.6 Å². The number of rotatable bonds is 4. The first-order chi connectivity index (χ1) is 12.2. The molecule has 0 aliphatic carbocycles. The van der Waals surface area contributed by atoms with Crippen LogP contribution in [0.5, 0.6) is 0 Å². The van der Waals surface area contributed by atoms with Crippen LogP contribution in [-0.2, 0) is 11.3 Å². The van der Waals surface area contributed by atoms with Gasteiger partial charge in [0.15, 0.2) is 5.82 Å². The summed E-state index contributed by atoms with van der Waals surface area (Å²) in [6.07, 6.45) is 0.308. The third kappa shape index (κ3) is 3.15. The van der Waals surface area contributed by atoms with Crippen molar-refractivity contribution >= 4 is 5.91 Å². The van der Waals surface area contributed by atoms with Gasteiger partial charge >= 0.3 is 0 Å². The van der Waals surface area contributed by atoms with Crippen molar-refractivity contribution in [1.29, 1.82) is 0 Å². The minimum Gasteiger partial charge on any atom is -0.337 e. The van der Waals surface area contributed by atoms with Gasteiger partial charge in [0.1, 0.15) is 5.82 Å². The van der Waals surface area contributed by atoms with Gasteiger partial charge in [0.2, 0.25) is 5.91 Å². The Morgan fingerprint density at radius 1 is 1.12 bits per heavy atom. The zero-order valence-corrected chi connectivity index (χ0v) is 13.4. The second-order valence-corrected chi connectivity index (χ2v) is 6.09. The van der Waals surface area contributed by atoms with Crippen LogP contribution < -0.4 is 0 Å². The molecule has 1 saturated heterocycles. The maximum Gasteiger partial charge on any atom is 0.257 e. The van der Waals surface area contributed by atoms with E-state index in [1.807, 2.05) is 30.3 Å². The first-order valence-corrected chi connectivity index (χ1v) is 8.11. The minimum atomic E-state index is -0.301. The quantitative estimate of drug-likeness (QED) is 0.732. The number of amides is 1. The van der Waals surface area contributed by atoms with Crippen molar-refractivity contribution in [2.24, 2.45) is 0 Å². The summed E-state index contributed by atoms with van der Waals surface area (Å²) in [6, 6.07) is 16.0. The van der Waals surface area contributed by atoms with E-state index in [1.54, 1.807) is 23.1 Å². The Bertz CT molecular complexity index is 894. The van der Waals surface area contributed by atoms with E-state index >= 15 is 0 Å². The second-order valence-electron chi connectivity index (χ2n) is 6.09. The summed E-state index contributed by atoms with van der Waals surface area (Å²) in [4.78, 5) is 18.3. The molecular weight excluding hydrogens is 321 g/mol. The molecule has 2 heterocycles. The molecule has 1 aliphatic heterocycles. The highest BCUT2D eigenvalue weighted by Crippen LogP contribution is 2.29. The number of halogens is 1. The number of nitrogens with zero attached hydrogens (tertiary/aromatic N) is 3. The van der Waals surface area contributed by atoms with Crippen LogP contribution in [0, 0.1) is 5.82 Å². The van der Waals surface area contributed by atoms with Gasteiger partial charge in [-0.25, -0.2) is 4.39 Å². The molecule has 4 rings (SSSR count). The Labute approximate surface area is 144 Å². The maximum absolute atomic E-state index is 13.8. The van der Waals surface area contributed by atoms with E-state index in [0.29, 0.717) is 30.2 Å². The third-order valence-corrected chi connectivity index (χ3v) is 4.36. The summed E-state index contributed by atoms with van der Waals surface area (Å²) < 4.78 is 19.1. The predicted octanol–water partition coefficient (Wildman–Crippen LogP) is 3.39. The molecule has 0 N–H and O–H groups in total. The fourth-order valence-corrected chi connectivity index (χ4v) is 3.03. The van der Waals surface area contributed by atoms with Crippen molar-refractivity contribution in [2.75, 3.05) is 6.54 Å². The Hall–Kier alpha value is -3.02. The van der Waals surface area contributed by atoms with Gasteiger partial charge in [-0.05, 0) is 18.2 Å². The van der Waals surface area contributed by atoms with Crippen LogP contribution in [0.4, 0.5) is 4.39 Å². The van der Waals surface area contributed by atoms with Crippen LogP contribution in [-0.4, -0.2) is 27.5 Å². The van der Waals surface area contributed by atoms with Crippen molar-refractivity contribution in [1.82, 2.24) is 15.0 Å². The van der Waals surface area contributed by atoms with Crippen molar-refractivity contribution in [3.63, 3.8) is 0 Å². The molecule has 126 valence electrons. The lowest BCUT2D eigenvalue weighted by Crippen LogP contribution is -2.25. The Morgan fingerprint density at radius 3 is 2.68 bits per heavy atom. The van der Waals surface area contributed by atoms with E-state index in [4.69, 9.17) is 4.52 Å². The summed E-state index contributed by atoms with van der Waals surface area (Å²) >= 11 is 0. The van der Waals surface area contributed by atoms with Crippen LogP contribution >= 0.6 is 0 Å². The van der Waals surface area contributed by atoms with Gasteiger partial charge in [0.05, 0.1) is 0 Å². The van der Waals surface area contributed by atoms with Crippen molar-refractivity contribution in [3.05, 3.63) is 71.8 Å². The monoisotopic (exact) mass is 337 g/mol. The van der Waals surface area contributed by atoms with Gasteiger partial charge in [0.25, 0.3) is 5.89 Å². The fourth-order valence-electron chi connectivity index (χ4n) is 3.03. The van der Waals surface area contributed by atoms with Gasteiger partial charge in [-0.1, -0.05) is 41.6 Å². The van der Waals surface area contributed by atoms with Crippen molar-refractivity contribution in [2.45, 2.75) is 18.9 Å². The molecule has 5 nitrogen and oxygen atoms in total. The first kappa shape index (κ1) is 15.5. The standard InChI is InChI=1S/C19H16FN3O2/c20-16-9-5-4-8-14(16)11-23-12-15(10-17(23)24)18-21-19(25-22-18)13-6-2-1-3-7-13/h1-9,15H,10-12H2. The zero-order valence-electron chi connectivity index (χ0n) is 13.4. The van der Waals surface area contributed by atoms with Gasteiger partial charge in [-0.3, -0.25) is 4.79 Å². The highest BCUT2D eigenvalue weighted by atomic mass is 19.1. The highest BCUT2D eigenvalue weighted by Gasteiger charge is 2.34. The van der Waals surface area contributed by atoms with E-state index in [2.05, 4.69) is 10.1 Å². The lowest BCUT2D eigenvalue weighted by atomic mass is 10.1. The summed E-state index contributed by atoms with van der Waals surface area (Å²) in [7, 11) is 0. The van der Waals surface area contributed by atoms with E-state index < -0.39 is 0 Å². The lowest BCUT2D eigenvalue weighted by Gasteiger charge is -2.16. The van der Waals surface area contributed by atoms with Crippen LogP contribution in [0.3, 0.4) is 0 Å². The summed E-state index contributed by atoms with van der Waals surface area (Å²) in [5, 5.41) is 4.03. The SMILES string of the molecule is O=C1CC(c2noc(-c3ccccc3)n2)CN1Cc1ccccc1F. The number of carbonyl (C=O) groups excluding carboxylic acids is 1. The molecule has 0 radical (unpaired) electrons. The molecule has 1 fully saturated rings. The van der Waals surface area contributed by atoms with Crippen LogP contribution in [0.25, 0.3) is 11.5 Å². The van der Waals surface area contributed by atoms with Crippen LogP contribution in [0.1, 0.15) is 23.7 Å². The molecule has 1 aliphatic rings. The Kier molecular flexibility index (Phi) is 4.01. The summed E-state index contributed by atoms with van der Waals surface area (Å²) in [5.74, 6) is 0.489. The number of benzene rings is 2. The first-order valence-electron chi connectivity index (χ1n) is 8.11. The molecule has 0 bridgehead atoms. The number of hydrogen-bond acceptors (Lipinski definition) is 4. The number of likely N-dealkylation sites (tertiary alicyclic amines) is 1. The molecule has 25 heavy (non-hydrogen) atoms. The van der Waals surface area contributed by atoms with Gasteiger partial charge in [-0.2, -0.15) is 4.98 Å². The highest BCUT2D eigenvalue weighted by molar-refractivity contribution is 5.79. The molecule has 1 unspecified atom stereocenters. The van der Waals surface area contributed by atoms with E-state index in [9.17, 15) is 9.18 Å². The van der Waals surface area contributed by atoms with Gasteiger partial charge in [-0.15, -0.1) is 0 Å². The average molecular weight is 337 g/mol. The van der Waals surface area contributed by atoms with Crippen LogP contribution in [0.15, 0.2) is 59.1 Å². The minimum absolute atomic E-state index is 0.0284. The van der Waals surface area contributed by atoms with Crippen LogP contribution in [0.2, 0.25) is 0 Å². The van der Waals surface area contributed by atoms with E-state index in [0.717, 1.165) is 5.56 Å². The van der Waals surface area contributed by atoms with E-state index in [-0.39, 0.29) is 24.2 Å². The third-order valence-electron chi connectivity index (χ3n) is 4.36. The molecule has 0 saturated carbocycles. The molecule has 6 heteroatoms. The van der Waals surface area contributed by atoms with Gasteiger partial charge < -0.3 is 9.42 Å². The molecular formula is C19H16FN3O2. The summed E-state index contributed by atoms with van der Waals surface area (Å²) in [6.45, 7) is 0.715. The molecule has 1 atom stereocenters. The van der Waals surface area contributed by atoms with E-state index in [1.165, 1.54) is 6.07 Å². The number of carbonyl (C=O) groups is 1. The Balaban J connectivity index is 1.49. The number of hydrogen-bond donors (Lipinski definition) is 0. The van der Waals surface area contributed by atoms with Crippen molar-refractivity contribution < 1.29 is 13.7 Å². The molecule has 1 aromatic heterocycles. The molecule has 1 amide bonds.